The van der Waals surface area contributed by atoms with Crippen molar-refractivity contribution in [2.75, 3.05) is 13.2 Å². The van der Waals surface area contributed by atoms with E-state index in [2.05, 4.69) is 32.1 Å². The van der Waals surface area contributed by atoms with Crippen molar-refractivity contribution >= 4 is 50.8 Å². The Bertz CT molecular complexity index is 954. The summed E-state index contributed by atoms with van der Waals surface area (Å²) in [6, 6.07) is 10.1. The molecule has 0 bridgehead atoms. The average molecular weight is 497 g/mol. The highest BCUT2D eigenvalue weighted by Gasteiger charge is 2.12. The molecule has 2 aromatic carbocycles. The van der Waals surface area contributed by atoms with E-state index in [-0.39, 0.29) is 23.2 Å². The van der Waals surface area contributed by atoms with Crippen LogP contribution < -0.4 is 25.6 Å². The summed E-state index contributed by atoms with van der Waals surface area (Å²) in [4.78, 5) is 34.1. The molecule has 0 aliphatic heterocycles. The lowest BCUT2D eigenvalue weighted by atomic mass is 10.2. The number of nitro benzene ring substituents is 1. The van der Waals surface area contributed by atoms with Gasteiger partial charge in [0.25, 0.3) is 17.5 Å². The van der Waals surface area contributed by atoms with E-state index in [4.69, 9.17) is 21.7 Å². The van der Waals surface area contributed by atoms with Gasteiger partial charge in [-0.2, -0.15) is 0 Å². The third-order valence-electron chi connectivity index (χ3n) is 3.45. The zero-order valence-corrected chi connectivity index (χ0v) is 18.0. The average Bonchev–Trinajstić information content (AvgIpc) is 2.72. The molecule has 0 unspecified atom stereocenters. The van der Waals surface area contributed by atoms with Gasteiger partial charge in [-0.1, -0.05) is 0 Å². The number of benzene rings is 2. The normalized spacial score (nSPS) is 9.93. The maximum atomic E-state index is 12.2. The van der Waals surface area contributed by atoms with Crippen molar-refractivity contribution in [1.29, 1.82) is 0 Å². The smallest absolute Gasteiger partial charge is 0.276 e. The van der Waals surface area contributed by atoms with E-state index in [1.165, 1.54) is 24.3 Å². The Kier molecular flexibility index (Phi) is 8.50. The number of halogens is 1. The second-order valence-corrected chi connectivity index (χ2v) is 6.84. The number of rotatable bonds is 7. The molecule has 3 N–H and O–H groups in total. The zero-order chi connectivity index (χ0) is 22.1. The lowest BCUT2D eigenvalue weighted by Gasteiger charge is -2.12. The first-order valence-corrected chi connectivity index (χ1v) is 9.70. The standard InChI is InChI=1S/C18H17BrN4O6S/c1-2-28-15-8-3-11(9-14(15)19)17(25)20-18(30)22-21-16(24)10-29-13-6-4-12(5-7-13)23(26)27/h3-9H,2,10H2,1H3,(H,21,24)(H2,20,22,25,30). The summed E-state index contributed by atoms with van der Waals surface area (Å²) in [6.07, 6.45) is 0. The number of nitrogens with one attached hydrogen (secondary N) is 3. The molecule has 0 saturated heterocycles. The van der Waals surface area contributed by atoms with Crippen LogP contribution in [-0.4, -0.2) is 35.1 Å². The van der Waals surface area contributed by atoms with Gasteiger partial charge in [0.15, 0.2) is 11.7 Å². The van der Waals surface area contributed by atoms with Gasteiger partial charge in [-0.15, -0.1) is 0 Å². The molecule has 2 aromatic rings. The minimum Gasteiger partial charge on any atom is -0.493 e. The Balaban J connectivity index is 1.76. The molecule has 0 heterocycles. The maximum Gasteiger partial charge on any atom is 0.276 e. The molecule has 2 amide bonds. The van der Waals surface area contributed by atoms with Crippen molar-refractivity contribution in [2.24, 2.45) is 0 Å². The molecule has 0 aromatic heterocycles. The van der Waals surface area contributed by atoms with Crippen LogP contribution in [0.5, 0.6) is 11.5 Å². The number of hydrazine groups is 1. The van der Waals surface area contributed by atoms with Gasteiger partial charge in [0.1, 0.15) is 11.5 Å². The summed E-state index contributed by atoms with van der Waals surface area (Å²) in [5, 5.41) is 12.9. The van der Waals surface area contributed by atoms with Gasteiger partial charge in [0.2, 0.25) is 0 Å². The molecule has 0 saturated carbocycles. The molecule has 0 spiro atoms. The number of ether oxygens (including phenoxy) is 2. The molecule has 10 nitrogen and oxygen atoms in total. The van der Waals surface area contributed by atoms with Crippen LogP contribution in [0.4, 0.5) is 5.69 Å². The Hall–Kier alpha value is -3.25. The Labute approximate surface area is 185 Å². The summed E-state index contributed by atoms with van der Waals surface area (Å²) < 4.78 is 11.2. The number of hydrogen-bond donors (Lipinski definition) is 3. The Morgan fingerprint density at radius 3 is 2.43 bits per heavy atom. The molecule has 0 aliphatic carbocycles. The van der Waals surface area contributed by atoms with Crippen molar-refractivity contribution in [1.82, 2.24) is 16.2 Å². The fourth-order valence-electron chi connectivity index (χ4n) is 2.10. The fraction of sp³-hybridized carbons (Fsp3) is 0.167. The minimum absolute atomic E-state index is 0.0888. The number of thiocarbonyl (C=S) groups is 1. The molecule has 0 radical (unpaired) electrons. The third kappa shape index (κ3) is 6.97. The van der Waals surface area contributed by atoms with Crippen LogP contribution in [0.3, 0.4) is 0 Å². The van der Waals surface area contributed by atoms with Gasteiger partial charge in [-0.25, -0.2) is 0 Å². The number of non-ortho nitro benzene ring substituents is 1. The number of nitrogens with zero attached hydrogens (tertiary/aromatic N) is 1. The highest BCUT2D eigenvalue weighted by Crippen LogP contribution is 2.26. The molecule has 0 atom stereocenters. The lowest BCUT2D eigenvalue weighted by Crippen LogP contribution is -2.49. The van der Waals surface area contributed by atoms with Crippen LogP contribution in [0.25, 0.3) is 0 Å². The van der Waals surface area contributed by atoms with E-state index in [9.17, 15) is 19.7 Å². The van der Waals surface area contributed by atoms with E-state index in [0.29, 0.717) is 22.4 Å². The summed E-state index contributed by atoms with van der Waals surface area (Å²) >= 11 is 8.29. The molecular weight excluding hydrogens is 480 g/mol. The van der Waals surface area contributed by atoms with Crippen LogP contribution in [0.1, 0.15) is 17.3 Å². The van der Waals surface area contributed by atoms with Crippen LogP contribution >= 0.6 is 28.1 Å². The molecule has 158 valence electrons. The fourth-order valence-corrected chi connectivity index (χ4v) is 2.73. The Morgan fingerprint density at radius 2 is 1.83 bits per heavy atom. The van der Waals surface area contributed by atoms with Gasteiger partial charge in [-0.05, 0) is 65.4 Å². The van der Waals surface area contributed by atoms with E-state index >= 15 is 0 Å². The van der Waals surface area contributed by atoms with Crippen molar-refractivity contribution in [3.63, 3.8) is 0 Å². The van der Waals surface area contributed by atoms with E-state index < -0.39 is 16.7 Å². The van der Waals surface area contributed by atoms with Crippen LogP contribution in [-0.2, 0) is 4.79 Å². The summed E-state index contributed by atoms with van der Waals surface area (Å²) in [7, 11) is 0. The molecular formula is C18H17BrN4O6S. The number of amides is 2. The van der Waals surface area contributed by atoms with E-state index in [1.807, 2.05) is 6.92 Å². The van der Waals surface area contributed by atoms with E-state index in [0.717, 1.165) is 0 Å². The maximum absolute atomic E-state index is 12.2. The molecule has 12 heteroatoms. The zero-order valence-electron chi connectivity index (χ0n) is 15.6. The number of carbonyl (C=O) groups excluding carboxylic acids is 2. The molecule has 0 aliphatic rings. The summed E-state index contributed by atoms with van der Waals surface area (Å²) in [5.74, 6) is -0.163. The summed E-state index contributed by atoms with van der Waals surface area (Å²) in [6.45, 7) is 1.97. The van der Waals surface area contributed by atoms with Gasteiger partial charge in [0, 0.05) is 17.7 Å². The van der Waals surface area contributed by atoms with Gasteiger partial charge in [-0.3, -0.25) is 35.9 Å². The SMILES string of the molecule is CCOc1ccc(C(=O)NC(=S)NNC(=O)COc2ccc([N+](=O)[O-])cc2)cc1Br. The molecule has 2 rings (SSSR count). The number of hydrogen-bond acceptors (Lipinski definition) is 7. The largest absolute Gasteiger partial charge is 0.493 e. The van der Waals surface area contributed by atoms with Gasteiger partial charge >= 0.3 is 0 Å². The van der Waals surface area contributed by atoms with Gasteiger partial charge < -0.3 is 9.47 Å². The highest BCUT2D eigenvalue weighted by atomic mass is 79.9. The second-order valence-electron chi connectivity index (χ2n) is 5.57. The number of nitro groups is 1. The minimum atomic E-state index is -0.575. The van der Waals surface area contributed by atoms with Crippen LogP contribution in [0, 0.1) is 10.1 Å². The van der Waals surface area contributed by atoms with E-state index in [1.54, 1.807) is 18.2 Å². The van der Waals surface area contributed by atoms with Crippen molar-refractivity contribution in [2.45, 2.75) is 6.92 Å². The highest BCUT2D eigenvalue weighted by molar-refractivity contribution is 9.10. The second kappa shape index (κ2) is 11.1. The monoisotopic (exact) mass is 496 g/mol. The quantitative estimate of drug-likeness (QED) is 0.302. The first-order valence-electron chi connectivity index (χ1n) is 8.50. The predicted molar refractivity (Wildman–Crippen MR) is 115 cm³/mol. The topological polar surface area (TPSA) is 132 Å². The Morgan fingerprint density at radius 1 is 1.13 bits per heavy atom. The summed E-state index contributed by atoms with van der Waals surface area (Å²) in [5.41, 5.74) is 4.90. The number of carbonyl (C=O) groups is 2. The molecule has 0 fully saturated rings. The third-order valence-corrected chi connectivity index (χ3v) is 4.28. The first-order chi connectivity index (χ1) is 14.3. The van der Waals surface area contributed by atoms with Crippen LogP contribution in [0.15, 0.2) is 46.9 Å². The molecule has 30 heavy (non-hydrogen) atoms. The van der Waals surface area contributed by atoms with Crippen molar-refractivity contribution in [3.8, 4) is 11.5 Å². The van der Waals surface area contributed by atoms with Crippen molar-refractivity contribution < 1.29 is 24.0 Å². The van der Waals surface area contributed by atoms with Gasteiger partial charge in [0.05, 0.1) is 16.0 Å². The predicted octanol–water partition coefficient (Wildman–Crippen LogP) is 2.47. The van der Waals surface area contributed by atoms with Crippen molar-refractivity contribution in [3.05, 3.63) is 62.6 Å². The first kappa shape index (κ1) is 23.0. The lowest BCUT2D eigenvalue weighted by molar-refractivity contribution is -0.384. The van der Waals surface area contributed by atoms with Crippen LogP contribution in [0.2, 0.25) is 0 Å².